The minimum absolute atomic E-state index is 0.135. The quantitative estimate of drug-likeness (QED) is 0.747. The third kappa shape index (κ3) is 4.17. The lowest BCUT2D eigenvalue weighted by molar-refractivity contribution is 0.0524. The van der Waals surface area contributed by atoms with Crippen LogP contribution in [0.4, 0.5) is 5.95 Å². The van der Waals surface area contributed by atoms with Crippen molar-refractivity contribution >= 4 is 11.9 Å². The van der Waals surface area contributed by atoms with E-state index in [-0.39, 0.29) is 6.61 Å². The average Bonchev–Trinajstić information content (AvgIpc) is 2.40. The summed E-state index contributed by atoms with van der Waals surface area (Å²) in [5.74, 6) is 0.173. The first-order valence-electron chi connectivity index (χ1n) is 6.50. The van der Waals surface area contributed by atoms with Crippen LogP contribution in [-0.4, -0.2) is 47.3 Å². The Balaban J connectivity index is 2.88. The molecule has 1 aromatic rings. The second kappa shape index (κ2) is 7.68. The predicted octanol–water partition coefficient (Wildman–Crippen LogP) is 1.17. The van der Waals surface area contributed by atoms with E-state index in [1.807, 2.05) is 11.8 Å². The van der Waals surface area contributed by atoms with Gasteiger partial charge in [0.05, 0.1) is 17.9 Å². The van der Waals surface area contributed by atoms with Gasteiger partial charge in [0.25, 0.3) is 0 Å². The van der Waals surface area contributed by atoms with Crippen molar-refractivity contribution in [2.75, 3.05) is 31.2 Å². The van der Waals surface area contributed by atoms with Crippen molar-refractivity contribution in [3.8, 4) is 0 Å². The summed E-state index contributed by atoms with van der Waals surface area (Å²) in [6.45, 7) is 7.42. The van der Waals surface area contributed by atoms with Gasteiger partial charge in [-0.3, -0.25) is 0 Å². The normalized spacial score (nSPS) is 10.3. The molecule has 0 unspecified atom stereocenters. The average molecular weight is 267 g/mol. The first-order chi connectivity index (χ1) is 9.13. The van der Waals surface area contributed by atoms with E-state index in [1.54, 1.807) is 13.8 Å². The molecule has 0 aliphatic carbocycles. The summed E-state index contributed by atoms with van der Waals surface area (Å²) in [4.78, 5) is 22.1. The number of aliphatic hydroxyl groups excluding tert-OH is 1. The zero-order chi connectivity index (χ0) is 14.3. The number of aliphatic hydroxyl groups is 1. The maximum atomic E-state index is 11.6. The van der Waals surface area contributed by atoms with Gasteiger partial charge < -0.3 is 14.7 Å². The van der Waals surface area contributed by atoms with E-state index in [9.17, 15) is 4.79 Å². The number of aryl methyl sites for hydroxylation is 1. The molecule has 106 valence electrons. The highest BCUT2D eigenvalue weighted by Gasteiger charge is 2.14. The Labute approximate surface area is 113 Å². The fourth-order valence-corrected chi connectivity index (χ4v) is 1.68. The van der Waals surface area contributed by atoms with Crippen LogP contribution in [-0.2, 0) is 4.74 Å². The molecule has 0 aromatic carbocycles. The fourth-order valence-electron chi connectivity index (χ4n) is 1.68. The Morgan fingerprint density at radius 2 is 2.21 bits per heavy atom. The van der Waals surface area contributed by atoms with Gasteiger partial charge >= 0.3 is 5.97 Å². The molecule has 6 nitrogen and oxygen atoms in total. The number of hydrogen-bond acceptors (Lipinski definition) is 6. The first kappa shape index (κ1) is 15.4. The Morgan fingerprint density at radius 3 is 2.74 bits per heavy atom. The number of aromatic nitrogens is 2. The van der Waals surface area contributed by atoms with Gasteiger partial charge in [-0.25, -0.2) is 14.8 Å². The van der Waals surface area contributed by atoms with Crippen molar-refractivity contribution in [2.24, 2.45) is 0 Å². The molecule has 0 spiro atoms. The fraction of sp³-hybridized carbons (Fsp3) is 0.615. The molecule has 6 heteroatoms. The minimum atomic E-state index is -0.398. The molecule has 1 rings (SSSR count). The van der Waals surface area contributed by atoms with Crippen LogP contribution in [0.2, 0.25) is 0 Å². The standard InChI is InChI=1S/C13H21N3O3/c1-4-16(7-6-8-17)13-14-9-11(10(3)15-13)12(18)19-5-2/h9,17H,4-8H2,1-3H3. The topological polar surface area (TPSA) is 75.5 Å². The third-order valence-corrected chi connectivity index (χ3v) is 2.71. The van der Waals surface area contributed by atoms with E-state index in [0.717, 1.165) is 6.54 Å². The number of anilines is 1. The largest absolute Gasteiger partial charge is 0.462 e. The molecule has 0 aliphatic rings. The summed E-state index contributed by atoms with van der Waals surface area (Å²) in [6.07, 6.45) is 2.16. The zero-order valence-electron chi connectivity index (χ0n) is 11.7. The lowest BCUT2D eigenvalue weighted by atomic mass is 10.2. The molecule has 19 heavy (non-hydrogen) atoms. The van der Waals surface area contributed by atoms with Crippen molar-refractivity contribution < 1.29 is 14.6 Å². The Hall–Kier alpha value is -1.69. The summed E-state index contributed by atoms with van der Waals surface area (Å²) in [5.41, 5.74) is 0.995. The molecule has 0 aliphatic heterocycles. The highest BCUT2D eigenvalue weighted by Crippen LogP contribution is 2.12. The molecule has 0 atom stereocenters. The minimum Gasteiger partial charge on any atom is -0.462 e. The molecule has 0 fully saturated rings. The van der Waals surface area contributed by atoms with Crippen LogP contribution in [0.15, 0.2) is 6.20 Å². The number of rotatable bonds is 7. The molecule has 0 saturated carbocycles. The summed E-state index contributed by atoms with van der Waals surface area (Å²) in [6, 6.07) is 0. The number of carbonyl (C=O) groups is 1. The SMILES string of the molecule is CCOC(=O)c1cnc(N(CC)CCCO)nc1C. The number of nitrogens with zero attached hydrogens (tertiary/aromatic N) is 3. The highest BCUT2D eigenvalue weighted by molar-refractivity contribution is 5.90. The lowest BCUT2D eigenvalue weighted by Crippen LogP contribution is -2.27. The maximum Gasteiger partial charge on any atom is 0.341 e. The van der Waals surface area contributed by atoms with E-state index in [4.69, 9.17) is 9.84 Å². The predicted molar refractivity (Wildman–Crippen MR) is 72.3 cm³/mol. The molecule has 0 radical (unpaired) electrons. The van der Waals surface area contributed by atoms with Crippen LogP contribution in [0.5, 0.6) is 0 Å². The van der Waals surface area contributed by atoms with E-state index in [0.29, 0.717) is 36.8 Å². The van der Waals surface area contributed by atoms with E-state index >= 15 is 0 Å². The Bertz CT molecular complexity index is 424. The number of hydrogen-bond donors (Lipinski definition) is 1. The van der Waals surface area contributed by atoms with Crippen LogP contribution >= 0.6 is 0 Å². The van der Waals surface area contributed by atoms with Crippen LogP contribution in [0, 0.1) is 6.92 Å². The van der Waals surface area contributed by atoms with E-state index in [2.05, 4.69) is 9.97 Å². The highest BCUT2D eigenvalue weighted by atomic mass is 16.5. The Kier molecular flexibility index (Phi) is 6.21. The van der Waals surface area contributed by atoms with Gasteiger partial charge in [-0.2, -0.15) is 0 Å². The summed E-state index contributed by atoms with van der Waals surface area (Å²) < 4.78 is 4.93. The molecular weight excluding hydrogens is 246 g/mol. The van der Waals surface area contributed by atoms with Crippen LogP contribution < -0.4 is 4.90 Å². The van der Waals surface area contributed by atoms with Crippen molar-refractivity contribution in [1.82, 2.24) is 9.97 Å². The van der Waals surface area contributed by atoms with Crippen molar-refractivity contribution in [3.63, 3.8) is 0 Å². The monoisotopic (exact) mass is 267 g/mol. The summed E-state index contributed by atoms with van der Waals surface area (Å²) in [5, 5.41) is 8.86. The molecule has 1 aromatic heterocycles. The summed E-state index contributed by atoms with van der Waals surface area (Å²) >= 11 is 0. The van der Waals surface area contributed by atoms with Gasteiger partial charge in [0.15, 0.2) is 0 Å². The van der Waals surface area contributed by atoms with Crippen molar-refractivity contribution in [3.05, 3.63) is 17.5 Å². The molecular formula is C13H21N3O3. The third-order valence-electron chi connectivity index (χ3n) is 2.71. The molecule has 1 heterocycles. The first-order valence-corrected chi connectivity index (χ1v) is 6.50. The zero-order valence-corrected chi connectivity index (χ0v) is 11.7. The number of ether oxygens (including phenoxy) is 1. The van der Waals surface area contributed by atoms with Crippen LogP contribution in [0.1, 0.15) is 36.3 Å². The molecule has 1 N–H and O–H groups in total. The lowest BCUT2D eigenvalue weighted by Gasteiger charge is -2.20. The Morgan fingerprint density at radius 1 is 1.47 bits per heavy atom. The van der Waals surface area contributed by atoms with Gasteiger partial charge in [0.1, 0.15) is 0 Å². The van der Waals surface area contributed by atoms with Gasteiger partial charge in [0.2, 0.25) is 5.95 Å². The number of carbonyl (C=O) groups excluding carboxylic acids is 1. The smallest absolute Gasteiger partial charge is 0.341 e. The molecule has 0 bridgehead atoms. The van der Waals surface area contributed by atoms with Gasteiger partial charge in [-0.15, -0.1) is 0 Å². The van der Waals surface area contributed by atoms with Gasteiger partial charge in [-0.05, 0) is 27.2 Å². The second-order valence-electron chi connectivity index (χ2n) is 4.05. The number of esters is 1. The molecule has 0 amide bonds. The van der Waals surface area contributed by atoms with E-state index in [1.165, 1.54) is 6.20 Å². The van der Waals surface area contributed by atoms with Crippen molar-refractivity contribution in [2.45, 2.75) is 27.2 Å². The maximum absolute atomic E-state index is 11.6. The van der Waals surface area contributed by atoms with E-state index < -0.39 is 5.97 Å². The second-order valence-corrected chi connectivity index (χ2v) is 4.05. The summed E-state index contributed by atoms with van der Waals surface area (Å²) in [7, 11) is 0. The van der Waals surface area contributed by atoms with Crippen molar-refractivity contribution in [1.29, 1.82) is 0 Å². The van der Waals surface area contributed by atoms with Crippen LogP contribution in [0.3, 0.4) is 0 Å². The van der Waals surface area contributed by atoms with Gasteiger partial charge in [0, 0.05) is 25.9 Å². The van der Waals surface area contributed by atoms with Crippen LogP contribution in [0.25, 0.3) is 0 Å². The van der Waals surface area contributed by atoms with Gasteiger partial charge in [-0.1, -0.05) is 0 Å². The molecule has 0 saturated heterocycles.